The van der Waals surface area contributed by atoms with Crippen molar-refractivity contribution in [3.63, 3.8) is 0 Å². The molecule has 24 heavy (non-hydrogen) atoms. The Bertz CT molecular complexity index is 964. The van der Waals surface area contributed by atoms with Crippen LogP contribution in [0.3, 0.4) is 0 Å². The summed E-state index contributed by atoms with van der Waals surface area (Å²) in [5.74, 6) is -0.400. The maximum Gasteiger partial charge on any atom is 0.337 e. The Hall–Kier alpha value is -3.13. The second-order valence-corrected chi connectivity index (χ2v) is 5.81. The van der Waals surface area contributed by atoms with Gasteiger partial charge < -0.3 is 9.30 Å². The van der Waals surface area contributed by atoms with Gasteiger partial charge in [0.25, 0.3) is 0 Å². The van der Waals surface area contributed by atoms with Crippen molar-refractivity contribution >= 4 is 16.9 Å². The van der Waals surface area contributed by atoms with Gasteiger partial charge in [0, 0.05) is 34.9 Å². The van der Waals surface area contributed by atoms with Crippen LogP contribution in [0.1, 0.15) is 35.8 Å². The number of aromatic nitrogens is 2. The minimum atomic E-state index is -0.400. The van der Waals surface area contributed by atoms with Crippen LogP contribution in [0.2, 0.25) is 0 Å². The number of carbonyl (C=O) groups excluding carboxylic acids is 1. The second kappa shape index (κ2) is 6.17. The summed E-state index contributed by atoms with van der Waals surface area (Å²) in [5, 5.41) is 10.3. The molecule has 0 saturated carbocycles. The van der Waals surface area contributed by atoms with Crippen LogP contribution in [-0.4, -0.2) is 22.6 Å². The Balaban J connectivity index is 2.15. The normalized spacial score (nSPS) is 10.8. The summed E-state index contributed by atoms with van der Waals surface area (Å²) in [6, 6.07) is 11.7. The number of ether oxygens (including phenoxy) is 1. The predicted molar refractivity (Wildman–Crippen MR) is 91.6 cm³/mol. The average Bonchev–Trinajstić information content (AvgIpc) is 2.99. The van der Waals surface area contributed by atoms with E-state index >= 15 is 0 Å². The van der Waals surface area contributed by atoms with Crippen molar-refractivity contribution in [2.24, 2.45) is 0 Å². The van der Waals surface area contributed by atoms with E-state index in [2.05, 4.69) is 29.5 Å². The maximum absolute atomic E-state index is 11.7. The van der Waals surface area contributed by atoms with E-state index in [1.54, 1.807) is 18.3 Å². The molecule has 120 valence electrons. The van der Waals surface area contributed by atoms with E-state index in [9.17, 15) is 10.1 Å². The van der Waals surface area contributed by atoms with Crippen LogP contribution in [0.5, 0.6) is 0 Å². The van der Waals surface area contributed by atoms with E-state index in [1.165, 1.54) is 7.11 Å². The van der Waals surface area contributed by atoms with Crippen molar-refractivity contribution in [3.05, 3.63) is 53.9 Å². The summed E-state index contributed by atoms with van der Waals surface area (Å²) >= 11 is 0. The minimum absolute atomic E-state index is 0.265. The number of methoxy groups -OCH3 is 1. The van der Waals surface area contributed by atoms with Gasteiger partial charge in [-0.05, 0) is 38.1 Å². The van der Waals surface area contributed by atoms with Gasteiger partial charge in [-0.3, -0.25) is 4.98 Å². The molecule has 1 aromatic carbocycles. The smallest absolute Gasteiger partial charge is 0.337 e. The number of rotatable bonds is 3. The fourth-order valence-electron chi connectivity index (χ4n) is 2.76. The Labute approximate surface area is 140 Å². The highest BCUT2D eigenvalue weighted by Gasteiger charge is 2.13. The van der Waals surface area contributed by atoms with E-state index in [1.807, 2.05) is 24.4 Å². The van der Waals surface area contributed by atoms with Crippen molar-refractivity contribution in [2.75, 3.05) is 7.11 Å². The quantitative estimate of drug-likeness (QED) is 0.686. The van der Waals surface area contributed by atoms with Gasteiger partial charge in [-0.15, -0.1) is 0 Å². The lowest BCUT2D eigenvalue weighted by atomic mass is 10.1. The standard InChI is InChI=1S/C19H17N3O2/c1-12(2)22-11-15(10-20)16-8-13(4-5-18(16)22)17-9-14(6-7-21-17)19(23)24-3/h4-9,11-12H,1-3H3. The predicted octanol–water partition coefficient (Wildman–Crippen LogP) is 3.94. The van der Waals surface area contributed by atoms with Crippen LogP contribution < -0.4 is 0 Å². The molecule has 0 unspecified atom stereocenters. The molecular formula is C19H17N3O2. The first-order valence-corrected chi connectivity index (χ1v) is 7.64. The SMILES string of the molecule is COC(=O)c1ccnc(-c2ccc3c(c2)c(C#N)cn3C(C)C)c1. The molecule has 5 nitrogen and oxygen atoms in total. The van der Waals surface area contributed by atoms with E-state index in [0.717, 1.165) is 16.5 Å². The monoisotopic (exact) mass is 319 g/mol. The van der Waals surface area contributed by atoms with Gasteiger partial charge in [-0.25, -0.2) is 4.79 Å². The van der Waals surface area contributed by atoms with Crippen molar-refractivity contribution in [1.29, 1.82) is 5.26 Å². The second-order valence-electron chi connectivity index (χ2n) is 5.81. The van der Waals surface area contributed by atoms with Crippen LogP contribution in [0.25, 0.3) is 22.2 Å². The third-order valence-electron chi connectivity index (χ3n) is 3.99. The first kappa shape index (κ1) is 15.8. The number of hydrogen-bond donors (Lipinski definition) is 0. The molecule has 3 aromatic rings. The highest BCUT2D eigenvalue weighted by atomic mass is 16.5. The molecule has 0 aliphatic rings. The number of pyridine rings is 1. The van der Waals surface area contributed by atoms with Crippen LogP contribution >= 0.6 is 0 Å². The fraction of sp³-hybridized carbons (Fsp3) is 0.211. The number of benzene rings is 1. The summed E-state index contributed by atoms with van der Waals surface area (Å²) < 4.78 is 6.83. The van der Waals surface area contributed by atoms with Crippen molar-refractivity contribution in [1.82, 2.24) is 9.55 Å². The Morgan fingerprint density at radius 3 is 2.75 bits per heavy atom. The summed E-state index contributed by atoms with van der Waals surface area (Å²) in [6.45, 7) is 4.16. The zero-order valence-electron chi connectivity index (χ0n) is 13.8. The highest BCUT2D eigenvalue weighted by molar-refractivity contribution is 5.92. The van der Waals surface area contributed by atoms with Gasteiger partial charge >= 0.3 is 5.97 Å². The number of hydrogen-bond acceptors (Lipinski definition) is 4. The Morgan fingerprint density at radius 2 is 2.08 bits per heavy atom. The third kappa shape index (κ3) is 2.63. The first-order chi connectivity index (χ1) is 11.5. The van der Waals surface area contributed by atoms with Gasteiger partial charge in [-0.2, -0.15) is 5.26 Å². The van der Waals surface area contributed by atoms with Gasteiger partial charge in [0.2, 0.25) is 0 Å². The van der Waals surface area contributed by atoms with Crippen LogP contribution in [0.4, 0.5) is 0 Å². The molecule has 0 atom stereocenters. The fourth-order valence-corrected chi connectivity index (χ4v) is 2.76. The molecule has 0 aliphatic heterocycles. The number of nitrogens with zero attached hydrogens (tertiary/aromatic N) is 3. The number of esters is 1. The highest BCUT2D eigenvalue weighted by Crippen LogP contribution is 2.29. The largest absolute Gasteiger partial charge is 0.465 e. The molecule has 0 radical (unpaired) electrons. The summed E-state index contributed by atoms with van der Waals surface area (Å²) in [4.78, 5) is 16.0. The Morgan fingerprint density at radius 1 is 1.29 bits per heavy atom. The molecule has 5 heteroatoms. The molecule has 0 aliphatic carbocycles. The molecule has 3 rings (SSSR count). The van der Waals surface area contributed by atoms with Gasteiger partial charge in [-0.1, -0.05) is 6.07 Å². The van der Waals surface area contributed by atoms with E-state index in [0.29, 0.717) is 16.8 Å². The van der Waals surface area contributed by atoms with Gasteiger partial charge in [0.1, 0.15) is 6.07 Å². The summed E-state index contributed by atoms with van der Waals surface area (Å²) in [6.07, 6.45) is 3.45. The van der Waals surface area contributed by atoms with Gasteiger partial charge in [0.15, 0.2) is 0 Å². The molecule has 0 spiro atoms. The van der Waals surface area contributed by atoms with Crippen LogP contribution in [0, 0.1) is 11.3 Å². The molecule has 0 fully saturated rings. The van der Waals surface area contributed by atoms with Crippen LogP contribution in [-0.2, 0) is 4.74 Å². The molecule has 2 heterocycles. The topological polar surface area (TPSA) is 67.9 Å². The zero-order chi connectivity index (χ0) is 17.3. The minimum Gasteiger partial charge on any atom is -0.465 e. The lowest BCUT2D eigenvalue weighted by Crippen LogP contribution is -2.01. The van der Waals surface area contributed by atoms with Crippen molar-refractivity contribution < 1.29 is 9.53 Å². The lowest BCUT2D eigenvalue weighted by molar-refractivity contribution is 0.0600. The van der Waals surface area contributed by atoms with Crippen molar-refractivity contribution in [3.8, 4) is 17.3 Å². The number of nitriles is 1. The van der Waals surface area contributed by atoms with Gasteiger partial charge in [0.05, 0.1) is 23.9 Å². The van der Waals surface area contributed by atoms with E-state index < -0.39 is 5.97 Å². The summed E-state index contributed by atoms with van der Waals surface area (Å²) in [7, 11) is 1.35. The van der Waals surface area contributed by atoms with E-state index in [4.69, 9.17) is 4.74 Å². The lowest BCUT2D eigenvalue weighted by Gasteiger charge is -2.09. The molecule has 0 bridgehead atoms. The Kier molecular flexibility index (Phi) is 4.05. The van der Waals surface area contributed by atoms with Crippen LogP contribution in [0.15, 0.2) is 42.7 Å². The van der Waals surface area contributed by atoms with Crippen molar-refractivity contribution in [2.45, 2.75) is 19.9 Å². The maximum atomic E-state index is 11.7. The molecular weight excluding hydrogens is 302 g/mol. The molecule has 0 saturated heterocycles. The number of carbonyl (C=O) groups is 1. The summed E-state index contributed by atoms with van der Waals surface area (Å²) in [5.41, 5.74) is 3.61. The molecule has 0 amide bonds. The molecule has 0 N–H and O–H groups in total. The first-order valence-electron chi connectivity index (χ1n) is 7.64. The number of fused-ring (bicyclic) bond motifs is 1. The molecule has 2 aromatic heterocycles. The zero-order valence-corrected chi connectivity index (χ0v) is 13.8. The average molecular weight is 319 g/mol. The third-order valence-corrected chi connectivity index (χ3v) is 3.99. The van der Waals surface area contributed by atoms with E-state index in [-0.39, 0.29) is 6.04 Å².